The smallest absolute Gasteiger partial charge is 0.335 e. The third kappa shape index (κ3) is 2.33. The first-order chi connectivity index (χ1) is 6.91. The molecule has 0 aromatic heterocycles. The van der Waals surface area contributed by atoms with Crippen molar-refractivity contribution in [1.29, 1.82) is 0 Å². The molecule has 0 aromatic rings. The van der Waals surface area contributed by atoms with Gasteiger partial charge < -0.3 is 10.2 Å². The van der Waals surface area contributed by atoms with Crippen LogP contribution < -0.4 is 0 Å². The molecule has 0 aromatic carbocycles. The highest BCUT2D eigenvalue weighted by atomic mass is 16.4. The Morgan fingerprint density at radius 3 is 2.33 bits per heavy atom. The van der Waals surface area contributed by atoms with Gasteiger partial charge in [0.05, 0.1) is 0 Å². The van der Waals surface area contributed by atoms with Crippen molar-refractivity contribution in [2.45, 2.75) is 52.1 Å². The molecule has 88 valence electrons. The Morgan fingerprint density at radius 2 is 2.00 bits per heavy atom. The van der Waals surface area contributed by atoms with E-state index in [9.17, 15) is 9.90 Å². The summed E-state index contributed by atoms with van der Waals surface area (Å²) in [6.45, 7) is 6.22. The van der Waals surface area contributed by atoms with Gasteiger partial charge in [0, 0.05) is 0 Å². The number of carbonyl (C=O) groups is 1. The summed E-state index contributed by atoms with van der Waals surface area (Å²) in [4.78, 5) is 11.1. The van der Waals surface area contributed by atoms with Crippen molar-refractivity contribution in [3.63, 3.8) is 0 Å². The van der Waals surface area contributed by atoms with Gasteiger partial charge in [0.2, 0.25) is 0 Å². The molecule has 15 heavy (non-hydrogen) atoms. The molecular formula is C12H22O3. The zero-order valence-electron chi connectivity index (χ0n) is 9.86. The molecule has 0 aliphatic heterocycles. The van der Waals surface area contributed by atoms with Crippen LogP contribution in [-0.2, 0) is 4.79 Å². The van der Waals surface area contributed by atoms with Crippen molar-refractivity contribution in [2.24, 2.45) is 17.8 Å². The Bertz CT molecular complexity index is 231. The van der Waals surface area contributed by atoms with Crippen LogP contribution in [0.25, 0.3) is 0 Å². The van der Waals surface area contributed by atoms with E-state index < -0.39 is 11.6 Å². The first kappa shape index (κ1) is 12.5. The van der Waals surface area contributed by atoms with Crippen molar-refractivity contribution in [3.05, 3.63) is 0 Å². The maximum atomic E-state index is 11.1. The van der Waals surface area contributed by atoms with Gasteiger partial charge in [-0.1, -0.05) is 27.2 Å². The summed E-state index contributed by atoms with van der Waals surface area (Å²) in [5.74, 6) is 0.109. The number of hydrogen-bond acceptors (Lipinski definition) is 2. The summed E-state index contributed by atoms with van der Waals surface area (Å²) >= 11 is 0. The number of carboxylic acids is 1. The summed E-state index contributed by atoms with van der Waals surface area (Å²) in [5.41, 5.74) is -1.47. The van der Waals surface area contributed by atoms with E-state index in [0.29, 0.717) is 24.7 Å². The molecule has 1 unspecified atom stereocenters. The first-order valence-corrected chi connectivity index (χ1v) is 5.87. The number of aliphatic carboxylic acids is 1. The second kappa shape index (κ2) is 4.52. The molecule has 1 aliphatic carbocycles. The highest BCUT2D eigenvalue weighted by molar-refractivity contribution is 5.77. The lowest BCUT2D eigenvalue weighted by atomic mass is 9.62. The van der Waals surface area contributed by atoms with E-state index >= 15 is 0 Å². The minimum Gasteiger partial charge on any atom is -0.479 e. The topological polar surface area (TPSA) is 57.5 Å². The van der Waals surface area contributed by atoms with E-state index in [2.05, 4.69) is 13.8 Å². The quantitative estimate of drug-likeness (QED) is 0.738. The molecule has 0 amide bonds. The molecule has 0 bridgehead atoms. The maximum absolute atomic E-state index is 11.1. The average molecular weight is 214 g/mol. The van der Waals surface area contributed by atoms with E-state index in [1.807, 2.05) is 6.92 Å². The van der Waals surface area contributed by atoms with Gasteiger partial charge in [-0.3, -0.25) is 0 Å². The van der Waals surface area contributed by atoms with Gasteiger partial charge in [-0.25, -0.2) is 4.79 Å². The molecule has 1 fully saturated rings. The van der Waals surface area contributed by atoms with Crippen LogP contribution in [0.4, 0.5) is 0 Å². The fourth-order valence-electron chi connectivity index (χ4n) is 2.46. The largest absolute Gasteiger partial charge is 0.479 e. The highest BCUT2D eigenvalue weighted by Gasteiger charge is 2.49. The molecule has 0 spiro atoms. The predicted molar refractivity (Wildman–Crippen MR) is 58.5 cm³/mol. The normalized spacial score (nSPS) is 29.7. The van der Waals surface area contributed by atoms with Crippen molar-refractivity contribution in [2.75, 3.05) is 0 Å². The van der Waals surface area contributed by atoms with Crippen LogP contribution in [0, 0.1) is 17.8 Å². The minimum absolute atomic E-state index is 0.0395. The van der Waals surface area contributed by atoms with Crippen LogP contribution in [0.5, 0.6) is 0 Å². The van der Waals surface area contributed by atoms with Crippen LogP contribution in [-0.4, -0.2) is 21.8 Å². The lowest BCUT2D eigenvalue weighted by Crippen LogP contribution is -2.51. The number of carboxylic acid groups (broad SMARTS) is 1. The van der Waals surface area contributed by atoms with Crippen molar-refractivity contribution >= 4 is 5.97 Å². The lowest BCUT2D eigenvalue weighted by Gasteiger charge is -2.45. The minimum atomic E-state index is -1.47. The summed E-state index contributed by atoms with van der Waals surface area (Å²) in [6, 6.07) is 0. The molecule has 1 rings (SSSR count). The SMILES string of the molecule is CCCC(O)(C(=O)O)C1CC(C(C)C)C1. The molecule has 3 nitrogen and oxygen atoms in total. The van der Waals surface area contributed by atoms with Crippen LogP contribution in [0.1, 0.15) is 46.5 Å². The molecule has 2 N–H and O–H groups in total. The third-order valence-corrected chi connectivity index (χ3v) is 3.79. The fraction of sp³-hybridized carbons (Fsp3) is 0.917. The van der Waals surface area contributed by atoms with E-state index in [1.54, 1.807) is 0 Å². The first-order valence-electron chi connectivity index (χ1n) is 5.87. The van der Waals surface area contributed by atoms with Gasteiger partial charge in [0.15, 0.2) is 5.60 Å². The molecule has 1 atom stereocenters. The zero-order valence-corrected chi connectivity index (χ0v) is 9.86. The molecule has 0 saturated heterocycles. The number of aliphatic hydroxyl groups is 1. The Morgan fingerprint density at radius 1 is 1.47 bits per heavy atom. The molecule has 1 aliphatic rings. The van der Waals surface area contributed by atoms with Crippen LogP contribution in [0.3, 0.4) is 0 Å². The van der Waals surface area contributed by atoms with E-state index in [4.69, 9.17) is 5.11 Å². The van der Waals surface area contributed by atoms with Crippen LogP contribution in [0.15, 0.2) is 0 Å². The van der Waals surface area contributed by atoms with Gasteiger partial charge in [-0.2, -0.15) is 0 Å². The Labute approximate surface area is 91.5 Å². The zero-order chi connectivity index (χ0) is 11.6. The van der Waals surface area contributed by atoms with Gasteiger partial charge in [-0.05, 0) is 37.0 Å². The van der Waals surface area contributed by atoms with Crippen molar-refractivity contribution in [3.8, 4) is 0 Å². The Hall–Kier alpha value is -0.570. The Kier molecular flexibility index (Phi) is 3.77. The maximum Gasteiger partial charge on any atom is 0.335 e. The molecule has 0 radical (unpaired) electrons. The molecular weight excluding hydrogens is 192 g/mol. The van der Waals surface area contributed by atoms with E-state index in [-0.39, 0.29) is 5.92 Å². The predicted octanol–water partition coefficient (Wildman–Crippen LogP) is 2.28. The molecule has 0 heterocycles. The number of rotatable bonds is 5. The van der Waals surface area contributed by atoms with E-state index in [0.717, 1.165) is 12.8 Å². The molecule has 3 heteroatoms. The lowest BCUT2D eigenvalue weighted by molar-refractivity contribution is -0.174. The summed E-state index contributed by atoms with van der Waals surface area (Å²) < 4.78 is 0. The second-order valence-electron chi connectivity index (χ2n) is 5.15. The molecule has 1 saturated carbocycles. The van der Waals surface area contributed by atoms with Crippen LogP contribution in [0.2, 0.25) is 0 Å². The summed E-state index contributed by atoms with van der Waals surface area (Å²) in [7, 11) is 0. The van der Waals surface area contributed by atoms with Gasteiger partial charge in [0.25, 0.3) is 0 Å². The van der Waals surface area contributed by atoms with Gasteiger partial charge in [0.1, 0.15) is 0 Å². The second-order valence-corrected chi connectivity index (χ2v) is 5.15. The Balaban J connectivity index is 2.58. The summed E-state index contributed by atoms with van der Waals surface area (Å²) in [5, 5.41) is 19.2. The van der Waals surface area contributed by atoms with Crippen molar-refractivity contribution in [1.82, 2.24) is 0 Å². The fourth-order valence-corrected chi connectivity index (χ4v) is 2.46. The average Bonchev–Trinajstić information content (AvgIpc) is 2.00. The third-order valence-electron chi connectivity index (χ3n) is 3.79. The van der Waals surface area contributed by atoms with Crippen LogP contribution >= 0.6 is 0 Å². The van der Waals surface area contributed by atoms with Crippen molar-refractivity contribution < 1.29 is 15.0 Å². The van der Waals surface area contributed by atoms with Gasteiger partial charge in [-0.15, -0.1) is 0 Å². The highest BCUT2D eigenvalue weighted by Crippen LogP contribution is 2.46. The number of hydrogen-bond donors (Lipinski definition) is 2. The standard InChI is InChI=1S/C12H22O3/c1-4-5-12(15,11(13)14)10-6-9(7-10)8(2)3/h8-10,15H,4-7H2,1-3H3,(H,13,14). The summed E-state index contributed by atoms with van der Waals surface area (Å²) in [6.07, 6.45) is 2.81. The van der Waals surface area contributed by atoms with Gasteiger partial charge >= 0.3 is 5.97 Å². The van der Waals surface area contributed by atoms with E-state index in [1.165, 1.54) is 0 Å². The monoisotopic (exact) mass is 214 g/mol.